The average molecular weight is 352 g/mol. The van der Waals surface area contributed by atoms with Crippen LogP contribution in [0.2, 0.25) is 0 Å². The molecule has 112 valence electrons. The van der Waals surface area contributed by atoms with Crippen LogP contribution in [0.1, 0.15) is 31.2 Å². The minimum Gasteiger partial charge on any atom is -0.369 e. The molecule has 0 saturated carbocycles. The number of hydrogen-bond acceptors (Lipinski definition) is 3. The van der Waals surface area contributed by atoms with Crippen molar-refractivity contribution in [3.63, 3.8) is 0 Å². The van der Waals surface area contributed by atoms with Gasteiger partial charge in [0.1, 0.15) is 6.07 Å². The van der Waals surface area contributed by atoms with Crippen molar-refractivity contribution in [2.45, 2.75) is 25.7 Å². The zero-order chi connectivity index (χ0) is 14.9. The number of hydrogen-bond donors (Lipinski definition) is 1. The van der Waals surface area contributed by atoms with Gasteiger partial charge in [-0.25, -0.2) is 4.39 Å². The van der Waals surface area contributed by atoms with Crippen LogP contribution in [0.25, 0.3) is 0 Å². The van der Waals surface area contributed by atoms with Crippen LogP contribution < -0.4 is 10.2 Å². The first-order valence-electron chi connectivity index (χ1n) is 7.49. The van der Waals surface area contributed by atoms with E-state index in [-0.39, 0.29) is 15.7 Å². The number of benzene rings is 1. The predicted molar refractivity (Wildman–Crippen MR) is 84.8 cm³/mol. The number of nitrogens with zero attached hydrogens (tertiary/aromatic N) is 2. The van der Waals surface area contributed by atoms with E-state index in [4.69, 9.17) is 5.26 Å². The Balaban J connectivity index is 1.87. The van der Waals surface area contributed by atoms with Crippen molar-refractivity contribution >= 4 is 21.6 Å². The van der Waals surface area contributed by atoms with Gasteiger partial charge in [-0.3, -0.25) is 0 Å². The van der Waals surface area contributed by atoms with Crippen LogP contribution in [0.15, 0.2) is 16.6 Å². The van der Waals surface area contributed by atoms with Crippen LogP contribution >= 0.6 is 15.9 Å². The quantitative estimate of drug-likeness (QED) is 0.842. The lowest BCUT2D eigenvalue weighted by Gasteiger charge is -2.46. The topological polar surface area (TPSA) is 39.1 Å². The molecular weight excluding hydrogens is 333 g/mol. The zero-order valence-corrected chi connectivity index (χ0v) is 13.5. The van der Waals surface area contributed by atoms with Gasteiger partial charge >= 0.3 is 0 Å². The molecule has 3 nitrogen and oxygen atoms in total. The van der Waals surface area contributed by atoms with Gasteiger partial charge in [0.25, 0.3) is 0 Å². The zero-order valence-electron chi connectivity index (χ0n) is 12.0. The number of nitrogens with one attached hydrogen (secondary N) is 1. The van der Waals surface area contributed by atoms with Crippen LogP contribution in [-0.2, 0) is 0 Å². The predicted octanol–water partition coefficient (Wildman–Crippen LogP) is 3.43. The van der Waals surface area contributed by atoms with E-state index >= 15 is 0 Å². The van der Waals surface area contributed by atoms with E-state index in [0.29, 0.717) is 11.3 Å². The molecule has 1 atom stereocenters. The van der Waals surface area contributed by atoms with Crippen LogP contribution in [0, 0.1) is 22.6 Å². The summed E-state index contributed by atoms with van der Waals surface area (Å²) in [6.07, 6.45) is 4.73. The van der Waals surface area contributed by atoms with E-state index < -0.39 is 0 Å². The first-order chi connectivity index (χ1) is 10.2. The van der Waals surface area contributed by atoms with Crippen molar-refractivity contribution in [3.8, 4) is 6.07 Å². The third-order valence-electron chi connectivity index (χ3n) is 4.75. The van der Waals surface area contributed by atoms with Crippen molar-refractivity contribution in [2.24, 2.45) is 5.41 Å². The molecule has 0 aromatic heterocycles. The molecule has 2 heterocycles. The third-order valence-corrected chi connectivity index (χ3v) is 5.52. The van der Waals surface area contributed by atoms with E-state index in [9.17, 15) is 4.39 Å². The summed E-state index contributed by atoms with van der Waals surface area (Å²) >= 11 is 3.21. The molecule has 3 rings (SSSR count). The van der Waals surface area contributed by atoms with Crippen molar-refractivity contribution in [1.82, 2.24) is 5.32 Å². The molecule has 1 aromatic rings. The minimum absolute atomic E-state index is 0.281. The molecule has 2 fully saturated rings. The fourth-order valence-electron chi connectivity index (χ4n) is 3.66. The van der Waals surface area contributed by atoms with Crippen molar-refractivity contribution in [3.05, 3.63) is 28.0 Å². The van der Waals surface area contributed by atoms with Crippen LogP contribution in [-0.4, -0.2) is 26.2 Å². The van der Waals surface area contributed by atoms with Gasteiger partial charge < -0.3 is 10.2 Å². The van der Waals surface area contributed by atoms with Gasteiger partial charge in [-0.05, 0) is 60.3 Å². The number of halogens is 2. The summed E-state index contributed by atoms with van der Waals surface area (Å²) in [6.45, 7) is 3.91. The molecule has 2 aliphatic rings. The highest BCUT2D eigenvalue weighted by Crippen LogP contribution is 2.39. The van der Waals surface area contributed by atoms with Gasteiger partial charge in [-0.2, -0.15) is 5.26 Å². The third kappa shape index (κ3) is 2.79. The normalized spacial score (nSPS) is 25.9. The summed E-state index contributed by atoms with van der Waals surface area (Å²) in [6, 6.07) is 5.45. The lowest BCUT2D eigenvalue weighted by molar-refractivity contribution is 0.173. The van der Waals surface area contributed by atoms with Crippen molar-refractivity contribution in [2.75, 3.05) is 31.1 Å². The molecule has 2 aliphatic heterocycles. The fourth-order valence-corrected chi connectivity index (χ4v) is 4.09. The van der Waals surface area contributed by atoms with Gasteiger partial charge in [-0.1, -0.05) is 0 Å². The second kappa shape index (κ2) is 5.94. The summed E-state index contributed by atoms with van der Waals surface area (Å²) in [5.41, 5.74) is 1.25. The van der Waals surface area contributed by atoms with E-state index in [1.165, 1.54) is 19.3 Å². The van der Waals surface area contributed by atoms with E-state index in [1.54, 1.807) is 12.1 Å². The van der Waals surface area contributed by atoms with Crippen LogP contribution in [0.3, 0.4) is 0 Å². The number of anilines is 1. The van der Waals surface area contributed by atoms with Crippen molar-refractivity contribution < 1.29 is 4.39 Å². The summed E-state index contributed by atoms with van der Waals surface area (Å²) in [5, 5.41) is 12.5. The Kier molecular flexibility index (Phi) is 4.19. The first-order valence-corrected chi connectivity index (χ1v) is 8.28. The molecule has 21 heavy (non-hydrogen) atoms. The molecule has 1 N–H and O–H groups in total. The van der Waals surface area contributed by atoms with E-state index in [1.807, 2.05) is 6.07 Å². The minimum atomic E-state index is -0.310. The Labute approximate surface area is 133 Å². The van der Waals surface area contributed by atoms with E-state index in [0.717, 1.165) is 32.6 Å². The van der Waals surface area contributed by atoms with Gasteiger partial charge in [0.05, 0.1) is 15.7 Å². The maximum atomic E-state index is 14.5. The van der Waals surface area contributed by atoms with Gasteiger partial charge in [0.15, 0.2) is 5.82 Å². The molecule has 0 bridgehead atoms. The Morgan fingerprint density at radius 3 is 2.86 bits per heavy atom. The Bertz CT molecular complexity index is 570. The SMILES string of the molecule is N#Cc1ccc(N2CCCC3(CCCNC3)C2)c(F)c1Br. The van der Waals surface area contributed by atoms with Crippen molar-refractivity contribution in [1.29, 1.82) is 5.26 Å². The first kappa shape index (κ1) is 14.8. The smallest absolute Gasteiger partial charge is 0.161 e. The molecule has 0 aliphatic carbocycles. The standard InChI is InChI=1S/C16H19BrFN3/c17-14-12(9-19)3-4-13(15(14)18)21-8-2-6-16(11-21)5-1-7-20-10-16/h3-4,20H,1-2,5-8,10-11H2. The molecule has 0 amide bonds. The van der Waals surface area contributed by atoms with Gasteiger partial charge in [0.2, 0.25) is 0 Å². The average Bonchev–Trinajstić information content (AvgIpc) is 2.51. The summed E-state index contributed by atoms with van der Waals surface area (Å²) in [4.78, 5) is 2.15. The highest BCUT2D eigenvalue weighted by atomic mass is 79.9. The molecule has 0 radical (unpaired) electrons. The molecule has 1 unspecified atom stereocenters. The number of piperidine rings is 2. The highest BCUT2D eigenvalue weighted by molar-refractivity contribution is 9.10. The summed E-state index contributed by atoms with van der Waals surface area (Å²) in [5.74, 6) is -0.310. The Hall–Kier alpha value is -1.12. The number of nitriles is 1. The molecule has 5 heteroatoms. The maximum Gasteiger partial charge on any atom is 0.161 e. The Morgan fingerprint density at radius 1 is 1.33 bits per heavy atom. The van der Waals surface area contributed by atoms with Crippen LogP contribution in [0.4, 0.5) is 10.1 Å². The fraction of sp³-hybridized carbons (Fsp3) is 0.562. The van der Waals surface area contributed by atoms with Gasteiger partial charge in [0, 0.05) is 25.0 Å². The summed E-state index contributed by atoms with van der Waals surface area (Å²) < 4.78 is 14.8. The largest absolute Gasteiger partial charge is 0.369 e. The maximum absolute atomic E-state index is 14.5. The Morgan fingerprint density at radius 2 is 2.14 bits per heavy atom. The molecule has 2 saturated heterocycles. The lowest BCUT2D eigenvalue weighted by atomic mass is 9.74. The molecule has 1 spiro atoms. The molecular formula is C16H19BrFN3. The second-order valence-electron chi connectivity index (χ2n) is 6.18. The number of rotatable bonds is 1. The summed E-state index contributed by atoms with van der Waals surface area (Å²) in [7, 11) is 0. The highest BCUT2D eigenvalue weighted by Gasteiger charge is 2.37. The second-order valence-corrected chi connectivity index (χ2v) is 6.97. The monoisotopic (exact) mass is 351 g/mol. The van der Waals surface area contributed by atoms with Gasteiger partial charge in [-0.15, -0.1) is 0 Å². The van der Waals surface area contributed by atoms with E-state index in [2.05, 4.69) is 26.1 Å². The van der Waals surface area contributed by atoms with Crippen LogP contribution in [0.5, 0.6) is 0 Å². The lowest BCUT2D eigenvalue weighted by Crippen LogP contribution is -2.51. The molecule has 1 aromatic carbocycles.